The molecule has 1 aromatic heterocycles. The van der Waals surface area contributed by atoms with Gasteiger partial charge in [-0.3, -0.25) is 9.78 Å². The fourth-order valence-corrected chi connectivity index (χ4v) is 1.60. The number of halogens is 3. The second-order valence-electron chi connectivity index (χ2n) is 4.23. The summed E-state index contributed by atoms with van der Waals surface area (Å²) in [5, 5.41) is 3.74. The van der Waals surface area contributed by atoms with E-state index in [1.807, 2.05) is 0 Å². The van der Waals surface area contributed by atoms with E-state index in [1.54, 1.807) is 6.92 Å². The predicted molar refractivity (Wildman–Crippen MR) is 72.3 cm³/mol. The topological polar surface area (TPSA) is 70.1 Å². The van der Waals surface area contributed by atoms with Crippen LogP contribution in [0.4, 0.5) is 19.1 Å². The highest BCUT2D eigenvalue weighted by atomic mass is 19.4. The van der Waals surface area contributed by atoms with Crippen LogP contribution in [-0.2, 0) is 6.18 Å². The summed E-state index contributed by atoms with van der Waals surface area (Å²) in [5.74, 6) is 0.114. The Kier molecular flexibility index (Phi) is 4.06. The number of hydrogen-bond acceptors (Lipinski definition) is 4. The van der Waals surface area contributed by atoms with Crippen LogP contribution in [0.15, 0.2) is 40.2 Å². The molecule has 0 saturated heterocycles. The summed E-state index contributed by atoms with van der Waals surface area (Å²) in [6, 6.07) is 6.02. The van der Waals surface area contributed by atoms with Crippen molar-refractivity contribution >= 4 is 12.2 Å². The molecule has 0 bridgehead atoms. The highest BCUT2D eigenvalue weighted by Crippen LogP contribution is 2.29. The Morgan fingerprint density at radius 1 is 1.33 bits per heavy atom. The standard InChI is InChI=1S/C13H11F3N4O/c1-8-5-11(21)19-12(18-8)20-17-7-9-3-2-4-10(6-9)13(14,15)16/h2-7H,1H3,(H2,18,19,20,21)/b17-7-. The molecule has 8 heteroatoms. The van der Waals surface area contributed by atoms with Crippen LogP contribution in [0, 0.1) is 6.92 Å². The van der Waals surface area contributed by atoms with Crippen molar-refractivity contribution in [3.05, 3.63) is 57.5 Å². The monoisotopic (exact) mass is 296 g/mol. The largest absolute Gasteiger partial charge is 0.416 e. The number of alkyl halides is 3. The third-order valence-corrected chi connectivity index (χ3v) is 2.47. The predicted octanol–water partition coefficient (Wildman–Crippen LogP) is 2.54. The number of nitrogens with one attached hydrogen (secondary N) is 2. The van der Waals surface area contributed by atoms with Gasteiger partial charge in [0.25, 0.3) is 5.56 Å². The number of aromatic nitrogens is 2. The summed E-state index contributed by atoms with van der Waals surface area (Å²) in [7, 11) is 0. The van der Waals surface area contributed by atoms with E-state index in [-0.39, 0.29) is 17.1 Å². The lowest BCUT2D eigenvalue weighted by atomic mass is 10.1. The zero-order valence-electron chi connectivity index (χ0n) is 10.9. The molecule has 1 aromatic carbocycles. The molecular weight excluding hydrogens is 285 g/mol. The van der Waals surface area contributed by atoms with E-state index >= 15 is 0 Å². The molecule has 0 fully saturated rings. The maximum absolute atomic E-state index is 12.5. The Morgan fingerprint density at radius 2 is 2.10 bits per heavy atom. The molecular formula is C13H11F3N4O. The fraction of sp³-hybridized carbons (Fsp3) is 0.154. The molecule has 0 aliphatic rings. The summed E-state index contributed by atoms with van der Waals surface area (Å²) in [6.45, 7) is 1.64. The Bertz CT molecular complexity index is 722. The van der Waals surface area contributed by atoms with Gasteiger partial charge in [-0.05, 0) is 24.6 Å². The normalized spacial score (nSPS) is 11.8. The summed E-state index contributed by atoms with van der Waals surface area (Å²) in [4.78, 5) is 17.5. The molecule has 21 heavy (non-hydrogen) atoms. The zero-order valence-corrected chi connectivity index (χ0v) is 10.9. The minimum atomic E-state index is -4.40. The van der Waals surface area contributed by atoms with Gasteiger partial charge in [0, 0.05) is 11.8 Å². The zero-order chi connectivity index (χ0) is 15.5. The summed E-state index contributed by atoms with van der Waals surface area (Å²) < 4.78 is 37.6. The summed E-state index contributed by atoms with van der Waals surface area (Å²) in [5.41, 5.74) is 2.12. The highest BCUT2D eigenvalue weighted by Gasteiger charge is 2.30. The Balaban J connectivity index is 2.13. The quantitative estimate of drug-likeness (QED) is 0.675. The van der Waals surface area contributed by atoms with Crippen molar-refractivity contribution in [3.63, 3.8) is 0 Å². The first-order chi connectivity index (χ1) is 9.84. The number of rotatable bonds is 3. The van der Waals surface area contributed by atoms with Crippen LogP contribution >= 0.6 is 0 Å². The third-order valence-electron chi connectivity index (χ3n) is 2.47. The van der Waals surface area contributed by atoms with Crippen LogP contribution in [0.3, 0.4) is 0 Å². The van der Waals surface area contributed by atoms with E-state index in [2.05, 4.69) is 20.5 Å². The lowest BCUT2D eigenvalue weighted by molar-refractivity contribution is -0.137. The average Bonchev–Trinajstić information content (AvgIpc) is 2.37. The van der Waals surface area contributed by atoms with Crippen molar-refractivity contribution in [1.82, 2.24) is 9.97 Å². The first-order valence-corrected chi connectivity index (χ1v) is 5.89. The van der Waals surface area contributed by atoms with Gasteiger partial charge in [0.15, 0.2) is 0 Å². The van der Waals surface area contributed by atoms with Gasteiger partial charge in [0.2, 0.25) is 5.95 Å². The van der Waals surface area contributed by atoms with E-state index < -0.39 is 11.7 Å². The second-order valence-corrected chi connectivity index (χ2v) is 4.23. The van der Waals surface area contributed by atoms with Crippen molar-refractivity contribution in [3.8, 4) is 0 Å². The van der Waals surface area contributed by atoms with E-state index in [0.717, 1.165) is 12.1 Å². The maximum atomic E-state index is 12.5. The van der Waals surface area contributed by atoms with Gasteiger partial charge < -0.3 is 0 Å². The molecule has 0 spiro atoms. The third kappa shape index (κ3) is 4.16. The van der Waals surface area contributed by atoms with Crippen LogP contribution in [0.1, 0.15) is 16.8 Å². The molecule has 0 aliphatic carbocycles. The SMILES string of the molecule is Cc1cc(=O)[nH]c(N/N=C\c2cccc(C(F)(F)F)c2)n1. The number of aromatic amines is 1. The molecule has 110 valence electrons. The Labute approximate surface area is 117 Å². The summed E-state index contributed by atoms with van der Waals surface area (Å²) >= 11 is 0. The molecule has 2 aromatic rings. The Morgan fingerprint density at radius 3 is 2.76 bits per heavy atom. The Hall–Kier alpha value is -2.64. The van der Waals surface area contributed by atoms with Crippen molar-refractivity contribution < 1.29 is 13.2 Å². The van der Waals surface area contributed by atoms with Crippen LogP contribution in [0.2, 0.25) is 0 Å². The second kappa shape index (κ2) is 5.78. The molecule has 0 saturated carbocycles. The van der Waals surface area contributed by atoms with Gasteiger partial charge in [-0.1, -0.05) is 12.1 Å². The smallest absolute Gasteiger partial charge is 0.291 e. The number of benzene rings is 1. The average molecular weight is 296 g/mol. The van der Waals surface area contributed by atoms with Crippen molar-refractivity contribution in [2.24, 2.45) is 5.10 Å². The molecule has 0 amide bonds. The molecule has 5 nitrogen and oxygen atoms in total. The molecule has 1 heterocycles. The number of hydrazone groups is 1. The van der Waals surface area contributed by atoms with E-state index in [0.29, 0.717) is 5.69 Å². The number of hydrogen-bond donors (Lipinski definition) is 2. The highest BCUT2D eigenvalue weighted by molar-refractivity contribution is 5.80. The van der Waals surface area contributed by atoms with Gasteiger partial charge in [-0.15, -0.1) is 0 Å². The number of nitrogens with zero attached hydrogens (tertiary/aromatic N) is 2. The molecule has 2 rings (SSSR count). The van der Waals surface area contributed by atoms with Gasteiger partial charge in [-0.2, -0.15) is 18.3 Å². The minimum absolute atomic E-state index is 0.114. The van der Waals surface area contributed by atoms with Crippen LogP contribution in [0.25, 0.3) is 0 Å². The van der Waals surface area contributed by atoms with Crippen LogP contribution in [0.5, 0.6) is 0 Å². The van der Waals surface area contributed by atoms with E-state index in [4.69, 9.17) is 0 Å². The van der Waals surface area contributed by atoms with Crippen molar-refractivity contribution in [1.29, 1.82) is 0 Å². The molecule has 0 atom stereocenters. The number of anilines is 1. The van der Waals surface area contributed by atoms with Gasteiger partial charge in [-0.25, -0.2) is 10.4 Å². The summed E-state index contributed by atoms with van der Waals surface area (Å²) in [6.07, 6.45) is -3.20. The molecule has 0 unspecified atom stereocenters. The molecule has 2 N–H and O–H groups in total. The molecule has 0 aliphatic heterocycles. The van der Waals surface area contributed by atoms with Gasteiger partial charge >= 0.3 is 6.18 Å². The van der Waals surface area contributed by atoms with E-state index in [9.17, 15) is 18.0 Å². The first kappa shape index (κ1) is 14.8. The van der Waals surface area contributed by atoms with Crippen LogP contribution < -0.4 is 11.0 Å². The minimum Gasteiger partial charge on any atom is -0.291 e. The maximum Gasteiger partial charge on any atom is 0.416 e. The lowest BCUT2D eigenvalue weighted by Crippen LogP contribution is -2.10. The first-order valence-electron chi connectivity index (χ1n) is 5.89. The fourth-order valence-electron chi connectivity index (χ4n) is 1.60. The number of aryl methyl sites for hydroxylation is 1. The molecule has 0 radical (unpaired) electrons. The van der Waals surface area contributed by atoms with Gasteiger partial charge in [0.1, 0.15) is 0 Å². The van der Waals surface area contributed by atoms with E-state index in [1.165, 1.54) is 24.4 Å². The number of H-pyrrole nitrogens is 1. The van der Waals surface area contributed by atoms with Gasteiger partial charge in [0.05, 0.1) is 11.8 Å². The van der Waals surface area contributed by atoms with Crippen molar-refractivity contribution in [2.75, 3.05) is 5.43 Å². The van der Waals surface area contributed by atoms with Crippen LogP contribution in [-0.4, -0.2) is 16.2 Å². The lowest BCUT2D eigenvalue weighted by Gasteiger charge is -2.06. The van der Waals surface area contributed by atoms with Crippen molar-refractivity contribution in [2.45, 2.75) is 13.1 Å².